The molecule has 0 radical (unpaired) electrons. The molecular weight excluding hydrogens is 258 g/mol. The predicted octanol–water partition coefficient (Wildman–Crippen LogP) is 2.87. The lowest BCUT2D eigenvalue weighted by Gasteiger charge is -2.13. The van der Waals surface area contributed by atoms with Gasteiger partial charge in [-0.1, -0.05) is 0 Å². The molecule has 2 aromatic rings. The fourth-order valence-electron chi connectivity index (χ4n) is 1.78. The van der Waals surface area contributed by atoms with Crippen molar-refractivity contribution in [1.82, 2.24) is 10.3 Å². The maximum absolute atomic E-state index is 8.93. The van der Waals surface area contributed by atoms with Crippen LogP contribution in [-0.4, -0.2) is 12.1 Å². The summed E-state index contributed by atoms with van der Waals surface area (Å²) < 4.78 is 5.31. The molecule has 5 heteroatoms. The van der Waals surface area contributed by atoms with E-state index < -0.39 is 0 Å². The van der Waals surface area contributed by atoms with Crippen LogP contribution in [0.2, 0.25) is 0 Å². The molecule has 1 atom stereocenters. The predicted molar refractivity (Wildman–Crippen MR) is 75.1 cm³/mol. The molecule has 0 aliphatic heterocycles. The highest BCUT2D eigenvalue weighted by atomic mass is 32.1. The molecule has 4 nitrogen and oxygen atoms in total. The van der Waals surface area contributed by atoms with Gasteiger partial charge in [0.05, 0.1) is 24.8 Å². The summed E-state index contributed by atoms with van der Waals surface area (Å²) in [7, 11) is 1.63. The van der Waals surface area contributed by atoms with Crippen molar-refractivity contribution in [3.63, 3.8) is 0 Å². The van der Waals surface area contributed by atoms with E-state index in [1.165, 1.54) is 0 Å². The minimum absolute atomic E-state index is 0.176. The highest BCUT2D eigenvalue weighted by molar-refractivity contribution is 7.09. The molecule has 0 fully saturated rings. The van der Waals surface area contributed by atoms with Crippen molar-refractivity contribution in [3.05, 3.63) is 45.9 Å². The molecule has 0 bridgehead atoms. The molecule has 0 spiro atoms. The van der Waals surface area contributed by atoms with E-state index in [0.29, 0.717) is 12.1 Å². The van der Waals surface area contributed by atoms with Crippen LogP contribution in [0.5, 0.6) is 5.75 Å². The quantitative estimate of drug-likeness (QED) is 0.910. The van der Waals surface area contributed by atoms with Gasteiger partial charge in [-0.05, 0) is 25.1 Å². The van der Waals surface area contributed by atoms with Gasteiger partial charge in [-0.2, -0.15) is 5.26 Å². The van der Waals surface area contributed by atoms with Gasteiger partial charge in [0.2, 0.25) is 0 Å². The van der Waals surface area contributed by atoms with Crippen LogP contribution in [-0.2, 0) is 6.54 Å². The van der Waals surface area contributed by atoms with E-state index in [-0.39, 0.29) is 6.04 Å². The van der Waals surface area contributed by atoms with Crippen LogP contribution in [0, 0.1) is 11.3 Å². The Hall–Kier alpha value is -1.90. The average molecular weight is 273 g/mol. The molecule has 0 saturated carbocycles. The van der Waals surface area contributed by atoms with Crippen LogP contribution in [0.4, 0.5) is 0 Å². The molecule has 0 aliphatic rings. The molecule has 1 heterocycles. The number of nitrogens with one attached hydrogen (secondary N) is 1. The van der Waals surface area contributed by atoms with Crippen LogP contribution in [0.3, 0.4) is 0 Å². The van der Waals surface area contributed by atoms with Crippen molar-refractivity contribution in [3.8, 4) is 11.8 Å². The average Bonchev–Trinajstić information content (AvgIpc) is 2.98. The second-order valence-corrected chi connectivity index (χ2v) is 5.04. The second-order valence-electron chi connectivity index (χ2n) is 4.11. The van der Waals surface area contributed by atoms with E-state index in [2.05, 4.69) is 23.3 Å². The Bertz CT molecular complexity index is 575. The molecule has 1 aromatic carbocycles. The van der Waals surface area contributed by atoms with E-state index >= 15 is 0 Å². The van der Waals surface area contributed by atoms with Gasteiger partial charge >= 0.3 is 0 Å². The number of thiazole rings is 1. The standard InChI is InChI=1S/C14H15N3OS/c1-10(14-16-5-6-19-14)17-9-12-7-11(8-15)3-4-13(12)18-2/h3-7,10,17H,9H2,1-2H3. The zero-order valence-electron chi connectivity index (χ0n) is 10.9. The van der Waals surface area contributed by atoms with Crippen LogP contribution < -0.4 is 10.1 Å². The van der Waals surface area contributed by atoms with Crippen LogP contribution in [0.1, 0.15) is 29.1 Å². The summed E-state index contributed by atoms with van der Waals surface area (Å²) >= 11 is 1.63. The number of methoxy groups -OCH3 is 1. The first-order valence-corrected chi connectivity index (χ1v) is 6.82. The number of benzene rings is 1. The molecule has 0 saturated heterocycles. The fourth-order valence-corrected chi connectivity index (χ4v) is 2.46. The second kappa shape index (κ2) is 6.32. The lowest BCUT2D eigenvalue weighted by molar-refractivity contribution is 0.406. The molecule has 2 rings (SSSR count). The van der Waals surface area contributed by atoms with Gasteiger partial charge in [-0.15, -0.1) is 11.3 Å². The highest BCUT2D eigenvalue weighted by Crippen LogP contribution is 2.21. The lowest BCUT2D eigenvalue weighted by atomic mass is 10.1. The van der Waals surface area contributed by atoms with Crippen molar-refractivity contribution in [2.75, 3.05) is 7.11 Å². The summed E-state index contributed by atoms with van der Waals surface area (Å²) in [5, 5.41) is 15.3. The molecule has 0 amide bonds. The third-order valence-corrected chi connectivity index (χ3v) is 3.79. The number of rotatable bonds is 5. The highest BCUT2D eigenvalue weighted by Gasteiger charge is 2.10. The maximum atomic E-state index is 8.93. The number of nitriles is 1. The molecular formula is C14H15N3OS. The summed E-state index contributed by atoms with van der Waals surface area (Å²) in [6.45, 7) is 2.71. The third kappa shape index (κ3) is 3.31. The first kappa shape index (κ1) is 13.5. The SMILES string of the molecule is COc1ccc(C#N)cc1CNC(C)c1nccs1. The zero-order valence-corrected chi connectivity index (χ0v) is 11.7. The summed E-state index contributed by atoms with van der Waals surface area (Å²) in [6, 6.07) is 7.74. The van der Waals surface area contributed by atoms with Crippen molar-refractivity contribution >= 4 is 11.3 Å². The molecule has 98 valence electrons. The van der Waals surface area contributed by atoms with E-state index in [0.717, 1.165) is 16.3 Å². The number of aromatic nitrogens is 1. The van der Waals surface area contributed by atoms with E-state index in [4.69, 9.17) is 10.00 Å². The Kier molecular flexibility index (Phi) is 4.50. The van der Waals surface area contributed by atoms with E-state index in [9.17, 15) is 0 Å². The van der Waals surface area contributed by atoms with Crippen molar-refractivity contribution in [1.29, 1.82) is 5.26 Å². The molecule has 19 heavy (non-hydrogen) atoms. The van der Waals surface area contributed by atoms with Crippen molar-refractivity contribution < 1.29 is 4.74 Å². The molecule has 0 aliphatic carbocycles. The Morgan fingerprint density at radius 1 is 1.53 bits per heavy atom. The van der Waals surface area contributed by atoms with Gasteiger partial charge < -0.3 is 10.1 Å². The summed E-state index contributed by atoms with van der Waals surface area (Å²) in [4.78, 5) is 4.28. The topological polar surface area (TPSA) is 57.9 Å². The zero-order chi connectivity index (χ0) is 13.7. The maximum Gasteiger partial charge on any atom is 0.123 e. The van der Waals surface area contributed by atoms with Gasteiger partial charge in [-0.3, -0.25) is 0 Å². The monoisotopic (exact) mass is 273 g/mol. The summed E-state index contributed by atoms with van der Waals surface area (Å²) in [5.74, 6) is 0.790. The summed E-state index contributed by atoms with van der Waals surface area (Å²) in [6.07, 6.45) is 1.80. The number of nitrogens with zero attached hydrogens (tertiary/aromatic N) is 2. The van der Waals surface area contributed by atoms with Gasteiger partial charge in [0.15, 0.2) is 0 Å². The smallest absolute Gasteiger partial charge is 0.123 e. The first-order chi connectivity index (χ1) is 9.24. The lowest BCUT2D eigenvalue weighted by Crippen LogP contribution is -2.18. The van der Waals surface area contributed by atoms with E-state index in [1.807, 2.05) is 17.5 Å². The first-order valence-electron chi connectivity index (χ1n) is 5.94. The number of hydrogen-bond acceptors (Lipinski definition) is 5. The minimum Gasteiger partial charge on any atom is -0.496 e. The van der Waals surface area contributed by atoms with Crippen molar-refractivity contribution in [2.24, 2.45) is 0 Å². The summed E-state index contributed by atoms with van der Waals surface area (Å²) in [5.41, 5.74) is 1.62. The minimum atomic E-state index is 0.176. The normalized spacial score (nSPS) is 11.8. The van der Waals surface area contributed by atoms with Gasteiger partial charge in [0, 0.05) is 23.7 Å². The Balaban J connectivity index is 2.08. The van der Waals surface area contributed by atoms with Gasteiger partial charge in [-0.25, -0.2) is 4.98 Å². The van der Waals surface area contributed by atoms with Crippen LogP contribution in [0.15, 0.2) is 29.8 Å². The number of hydrogen-bond donors (Lipinski definition) is 1. The largest absolute Gasteiger partial charge is 0.496 e. The third-order valence-electron chi connectivity index (χ3n) is 2.83. The molecule has 1 unspecified atom stereocenters. The molecule has 1 aromatic heterocycles. The van der Waals surface area contributed by atoms with Crippen molar-refractivity contribution in [2.45, 2.75) is 19.5 Å². The molecule has 1 N–H and O–H groups in total. The van der Waals surface area contributed by atoms with Crippen LogP contribution in [0.25, 0.3) is 0 Å². The Labute approximate surface area is 116 Å². The van der Waals surface area contributed by atoms with E-state index in [1.54, 1.807) is 30.7 Å². The Morgan fingerprint density at radius 3 is 3.00 bits per heavy atom. The van der Waals surface area contributed by atoms with Gasteiger partial charge in [0.25, 0.3) is 0 Å². The Morgan fingerprint density at radius 2 is 2.37 bits per heavy atom. The van der Waals surface area contributed by atoms with Crippen LogP contribution >= 0.6 is 11.3 Å². The fraction of sp³-hybridized carbons (Fsp3) is 0.286. The number of ether oxygens (including phenoxy) is 1. The van der Waals surface area contributed by atoms with Gasteiger partial charge in [0.1, 0.15) is 10.8 Å².